The van der Waals surface area contributed by atoms with Crippen LogP contribution in [0.3, 0.4) is 0 Å². The van der Waals surface area contributed by atoms with Gasteiger partial charge >= 0.3 is 0 Å². The molecule has 1 saturated carbocycles. The molecule has 0 spiro atoms. The Morgan fingerprint density at radius 1 is 1.12 bits per heavy atom. The van der Waals surface area contributed by atoms with Crippen molar-refractivity contribution in [3.63, 3.8) is 0 Å². The van der Waals surface area contributed by atoms with E-state index in [0.29, 0.717) is 12.0 Å². The van der Waals surface area contributed by atoms with Crippen molar-refractivity contribution in [2.24, 2.45) is 11.3 Å². The van der Waals surface area contributed by atoms with E-state index in [1.165, 1.54) is 25.7 Å². The lowest BCUT2D eigenvalue weighted by Gasteiger charge is -2.55. The molecule has 0 amide bonds. The fraction of sp³-hybridized carbons (Fsp3) is 0.731. The number of likely N-dealkylation sites (tertiary alicyclic amines) is 1. The summed E-state index contributed by atoms with van der Waals surface area (Å²) in [5.74, 6) is 2.50. The van der Waals surface area contributed by atoms with Crippen LogP contribution in [0.1, 0.15) is 65.2 Å². The number of nitrogens with zero attached hydrogens (tertiary/aromatic N) is 5. The zero-order valence-electron chi connectivity index (χ0n) is 19.9. The molecular weight excluding hydrogens is 396 g/mol. The number of anilines is 2. The smallest absolute Gasteiger partial charge is 0.290 e. The first-order valence-electron chi connectivity index (χ1n) is 12.7. The summed E-state index contributed by atoms with van der Waals surface area (Å²) in [4.78, 5) is 18.7. The van der Waals surface area contributed by atoms with E-state index in [2.05, 4.69) is 50.9 Å². The predicted octanol–water partition coefficient (Wildman–Crippen LogP) is 4.81. The van der Waals surface area contributed by atoms with E-state index in [-0.39, 0.29) is 11.0 Å². The Morgan fingerprint density at radius 3 is 2.53 bits per heavy atom. The van der Waals surface area contributed by atoms with Crippen molar-refractivity contribution in [3.8, 4) is 6.57 Å². The summed E-state index contributed by atoms with van der Waals surface area (Å²) in [6.07, 6.45) is 14.0. The van der Waals surface area contributed by atoms with Crippen LogP contribution in [-0.4, -0.2) is 59.2 Å². The number of hydrogen-bond acceptors (Lipinski definition) is 5. The molecule has 2 atom stereocenters. The number of hydrogen-bond donors (Lipinski definition) is 1. The van der Waals surface area contributed by atoms with Crippen LogP contribution in [0.25, 0.3) is 4.85 Å². The molecule has 3 heterocycles. The van der Waals surface area contributed by atoms with Gasteiger partial charge in [0.25, 0.3) is 12.1 Å². The molecule has 2 saturated heterocycles. The second-order valence-corrected chi connectivity index (χ2v) is 11.0. The highest BCUT2D eigenvalue weighted by molar-refractivity contribution is 5.43. The maximum atomic E-state index is 5.78. The van der Waals surface area contributed by atoms with Crippen LogP contribution >= 0.6 is 0 Å². The van der Waals surface area contributed by atoms with Gasteiger partial charge in [-0.2, -0.15) is 4.98 Å². The maximum Gasteiger partial charge on any atom is 0.290 e. The van der Waals surface area contributed by atoms with E-state index in [4.69, 9.17) is 11.6 Å². The first kappa shape index (κ1) is 21.7. The van der Waals surface area contributed by atoms with Gasteiger partial charge in [-0.15, -0.1) is 0 Å². The predicted molar refractivity (Wildman–Crippen MR) is 131 cm³/mol. The van der Waals surface area contributed by atoms with Crippen LogP contribution in [0.2, 0.25) is 0 Å². The van der Waals surface area contributed by atoms with Crippen molar-refractivity contribution in [1.29, 1.82) is 0 Å². The van der Waals surface area contributed by atoms with Gasteiger partial charge in [-0.1, -0.05) is 43.2 Å². The van der Waals surface area contributed by atoms with Crippen LogP contribution in [0, 0.1) is 17.9 Å². The van der Waals surface area contributed by atoms with Gasteiger partial charge in [0.05, 0.1) is 5.41 Å². The van der Waals surface area contributed by atoms with E-state index >= 15 is 0 Å². The fourth-order valence-electron chi connectivity index (χ4n) is 6.45. The lowest BCUT2D eigenvalue weighted by atomic mass is 9.44. The molecule has 6 nitrogen and oxygen atoms in total. The molecule has 0 radical (unpaired) electrons. The zero-order chi connectivity index (χ0) is 22.2. The number of rotatable bonds is 5. The molecule has 5 aliphatic rings. The third-order valence-corrected chi connectivity index (χ3v) is 8.91. The normalized spacial score (nSPS) is 30.6. The van der Waals surface area contributed by atoms with Gasteiger partial charge in [0.2, 0.25) is 5.95 Å². The summed E-state index contributed by atoms with van der Waals surface area (Å²) in [5, 5.41) is 3.63. The Hall–Kier alpha value is -2.13. The van der Waals surface area contributed by atoms with Crippen LogP contribution in [0.15, 0.2) is 23.9 Å². The second-order valence-electron chi connectivity index (χ2n) is 11.0. The lowest BCUT2D eigenvalue weighted by molar-refractivity contribution is -0.0124. The first-order chi connectivity index (χ1) is 15.5. The van der Waals surface area contributed by atoms with E-state index < -0.39 is 0 Å². The Bertz CT molecular complexity index is 886. The molecule has 1 aromatic rings. The second kappa shape index (κ2) is 8.67. The minimum absolute atomic E-state index is 0.0139. The Balaban J connectivity index is 1.13. The van der Waals surface area contributed by atoms with Crippen LogP contribution in [-0.2, 0) is 0 Å². The van der Waals surface area contributed by atoms with Crippen molar-refractivity contribution in [1.82, 2.24) is 14.9 Å². The molecule has 6 rings (SSSR count). The van der Waals surface area contributed by atoms with Crippen molar-refractivity contribution in [2.75, 3.05) is 42.9 Å². The SMILES string of the molecule is C#[N+][C@]12CC=C(CN3CCC(Nc4nccc(N5CCCCCC5)n4)CC3)[C@H](C1)C2(C)C. The number of fused-ring (bicyclic) bond motifs is 1. The van der Waals surface area contributed by atoms with Crippen molar-refractivity contribution >= 4 is 11.8 Å². The molecule has 2 aliphatic heterocycles. The molecule has 1 aromatic heterocycles. The Kier molecular flexibility index (Phi) is 5.88. The standard InChI is InChI=1S/C26H39N6/c1-25(2)22-18-26(25,27-3)12-8-20(22)19-31-16-10-21(11-17-31)29-24-28-13-9-23(30-24)32-14-6-4-5-7-15-32/h3,8-9,13,21-22H,4-7,10-12,14-19H2,1-2H3,(H,28,29,30)/q+1/t22-,26+/m0/s1. The van der Waals surface area contributed by atoms with Gasteiger partial charge in [0.1, 0.15) is 5.82 Å². The van der Waals surface area contributed by atoms with Crippen LogP contribution in [0.5, 0.6) is 0 Å². The Morgan fingerprint density at radius 2 is 1.88 bits per heavy atom. The summed E-state index contributed by atoms with van der Waals surface area (Å²) in [6.45, 7) is 16.1. The van der Waals surface area contributed by atoms with Crippen molar-refractivity contribution in [2.45, 2.75) is 76.8 Å². The average molecular weight is 436 g/mol. The minimum Gasteiger partial charge on any atom is -0.356 e. The molecule has 172 valence electrons. The molecule has 3 aliphatic carbocycles. The molecule has 0 unspecified atom stereocenters. The fourth-order valence-corrected chi connectivity index (χ4v) is 6.45. The van der Waals surface area contributed by atoms with E-state index in [1.807, 2.05) is 6.20 Å². The molecular formula is C26H39N6+. The number of aromatic nitrogens is 2. The highest BCUT2D eigenvalue weighted by atomic mass is 15.2. The third kappa shape index (κ3) is 3.90. The average Bonchev–Trinajstić information content (AvgIpc) is 3.10. The van der Waals surface area contributed by atoms with Gasteiger partial charge < -0.3 is 10.2 Å². The summed E-state index contributed by atoms with van der Waals surface area (Å²) < 4.78 is 0. The monoisotopic (exact) mass is 435 g/mol. The summed E-state index contributed by atoms with van der Waals surface area (Å²) in [7, 11) is 0. The third-order valence-electron chi connectivity index (χ3n) is 8.91. The van der Waals surface area contributed by atoms with Crippen molar-refractivity contribution in [3.05, 3.63) is 28.8 Å². The molecule has 32 heavy (non-hydrogen) atoms. The Labute approximate surface area is 193 Å². The number of piperidine rings is 1. The highest BCUT2D eigenvalue weighted by Gasteiger charge is 2.70. The summed E-state index contributed by atoms with van der Waals surface area (Å²) >= 11 is 0. The van der Waals surface area contributed by atoms with Crippen LogP contribution in [0.4, 0.5) is 11.8 Å². The van der Waals surface area contributed by atoms with Gasteiger partial charge in [-0.3, -0.25) is 4.90 Å². The molecule has 6 heteroatoms. The zero-order valence-corrected chi connectivity index (χ0v) is 19.9. The summed E-state index contributed by atoms with van der Waals surface area (Å²) in [5.41, 5.74) is 1.79. The van der Waals surface area contributed by atoms with Gasteiger partial charge in [-0.25, -0.2) is 4.98 Å². The van der Waals surface area contributed by atoms with Gasteiger partial charge in [-0.05, 0) is 31.7 Å². The topological polar surface area (TPSA) is 48.6 Å². The van der Waals surface area contributed by atoms with E-state index in [0.717, 1.165) is 70.2 Å². The van der Waals surface area contributed by atoms with E-state index in [9.17, 15) is 0 Å². The quantitative estimate of drug-likeness (QED) is 0.673. The lowest BCUT2D eigenvalue weighted by Crippen LogP contribution is -2.62. The molecule has 0 aromatic carbocycles. The number of nitrogens with one attached hydrogen (secondary N) is 1. The highest BCUT2D eigenvalue weighted by Crippen LogP contribution is 2.64. The maximum absolute atomic E-state index is 5.78. The largest absolute Gasteiger partial charge is 0.356 e. The first-order valence-corrected chi connectivity index (χ1v) is 12.7. The van der Waals surface area contributed by atoms with Gasteiger partial charge in [0.15, 0.2) is 0 Å². The minimum atomic E-state index is -0.0139. The summed E-state index contributed by atoms with van der Waals surface area (Å²) in [6, 6.07) is 2.51. The molecule has 2 bridgehead atoms. The molecule has 1 N–H and O–H groups in total. The van der Waals surface area contributed by atoms with Crippen LogP contribution < -0.4 is 10.2 Å². The van der Waals surface area contributed by atoms with Crippen molar-refractivity contribution < 1.29 is 0 Å². The van der Waals surface area contributed by atoms with Gasteiger partial charge in [0, 0.05) is 63.7 Å². The van der Waals surface area contributed by atoms with E-state index in [1.54, 1.807) is 5.57 Å². The molecule has 3 fully saturated rings.